The first-order chi connectivity index (χ1) is 10.1. The van der Waals surface area contributed by atoms with Gasteiger partial charge in [-0.3, -0.25) is 0 Å². The third-order valence-electron chi connectivity index (χ3n) is 4.55. The summed E-state index contributed by atoms with van der Waals surface area (Å²) in [6.07, 6.45) is 5.36. The second-order valence-electron chi connectivity index (χ2n) is 6.31. The number of thiazole rings is 1. The van der Waals surface area contributed by atoms with Crippen LogP contribution in [0.15, 0.2) is 34.6 Å². The maximum Gasteiger partial charge on any atom is 0.190 e. The molecule has 0 N–H and O–H groups in total. The fourth-order valence-electron chi connectivity index (χ4n) is 3.37. The van der Waals surface area contributed by atoms with Gasteiger partial charge in [0, 0.05) is 17.1 Å². The average Bonchev–Trinajstić information content (AvgIpc) is 2.81. The summed E-state index contributed by atoms with van der Waals surface area (Å²) in [6.45, 7) is 6.73. The molecule has 3 rings (SSSR count). The van der Waals surface area contributed by atoms with Crippen molar-refractivity contribution in [3.8, 4) is 0 Å². The number of hydrogen-bond donors (Lipinski definition) is 0. The molecular formula is C18H24N2S. The van der Waals surface area contributed by atoms with Crippen LogP contribution in [0.2, 0.25) is 0 Å². The van der Waals surface area contributed by atoms with Crippen LogP contribution in [0.5, 0.6) is 0 Å². The highest BCUT2D eigenvalue weighted by Crippen LogP contribution is 2.33. The van der Waals surface area contributed by atoms with Crippen molar-refractivity contribution in [2.45, 2.75) is 52.5 Å². The minimum absolute atomic E-state index is 0.619. The van der Waals surface area contributed by atoms with Crippen LogP contribution in [0.3, 0.4) is 0 Å². The number of hydrogen-bond acceptors (Lipinski definition) is 2. The quantitative estimate of drug-likeness (QED) is 0.730. The average molecular weight is 300 g/mol. The smallest absolute Gasteiger partial charge is 0.190 e. The van der Waals surface area contributed by atoms with Crippen molar-refractivity contribution in [1.29, 1.82) is 0 Å². The summed E-state index contributed by atoms with van der Waals surface area (Å²) in [4.78, 5) is 6.06. The summed E-state index contributed by atoms with van der Waals surface area (Å²) in [5.74, 6) is 0.753. The fraction of sp³-hybridized carbons (Fsp3) is 0.500. The first kappa shape index (κ1) is 14.6. The van der Waals surface area contributed by atoms with Gasteiger partial charge >= 0.3 is 0 Å². The Morgan fingerprint density at radius 3 is 2.76 bits per heavy atom. The molecule has 21 heavy (non-hydrogen) atoms. The zero-order valence-corrected chi connectivity index (χ0v) is 14.0. The van der Waals surface area contributed by atoms with Crippen molar-refractivity contribution in [2.24, 2.45) is 10.9 Å². The lowest BCUT2D eigenvalue weighted by Gasteiger charge is -2.30. The molecule has 0 radical (unpaired) electrons. The topological polar surface area (TPSA) is 17.3 Å². The molecule has 0 aliphatic heterocycles. The first-order valence-corrected chi connectivity index (χ1v) is 8.81. The molecule has 2 unspecified atom stereocenters. The third kappa shape index (κ3) is 3.13. The summed E-state index contributed by atoms with van der Waals surface area (Å²) in [6, 6.07) is 9.08. The molecule has 1 fully saturated rings. The Morgan fingerprint density at radius 2 is 2.00 bits per heavy atom. The molecule has 0 spiro atoms. The van der Waals surface area contributed by atoms with Crippen molar-refractivity contribution in [2.75, 3.05) is 0 Å². The highest BCUT2D eigenvalue weighted by Gasteiger charge is 2.24. The van der Waals surface area contributed by atoms with E-state index in [-0.39, 0.29) is 0 Å². The van der Waals surface area contributed by atoms with Crippen LogP contribution in [0.25, 0.3) is 0 Å². The number of benzene rings is 1. The molecule has 2 atom stereocenters. The predicted octanol–water partition coefficient (Wildman–Crippen LogP) is 5.15. The molecule has 3 heteroatoms. The summed E-state index contributed by atoms with van der Waals surface area (Å²) in [7, 11) is 0. The second kappa shape index (κ2) is 6.18. The number of aromatic nitrogens is 1. The first-order valence-electron chi connectivity index (χ1n) is 7.93. The van der Waals surface area contributed by atoms with Crippen LogP contribution < -0.4 is 4.80 Å². The lowest BCUT2D eigenvalue weighted by molar-refractivity contribution is 0.251. The van der Waals surface area contributed by atoms with E-state index in [0.717, 1.165) is 16.4 Å². The molecule has 1 aromatic carbocycles. The highest BCUT2D eigenvalue weighted by molar-refractivity contribution is 7.07. The second-order valence-corrected chi connectivity index (χ2v) is 7.15. The van der Waals surface area contributed by atoms with Crippen LogP contribution in [0.4, 0.5) is 5.69 Å². The van der Waals surface area contributed by atoms with Gasteiger partial charge in [-0.2, -0.15) is 0 Å². The van der Waals surface area contributed by atoms with E-state index in [0.29, 0.717) is 6.04 Å². The lowest BCUT2D eigenvalue weighted by Crippen LogP contribution is -2.29. The van der Waals surface area contributed by atoms with Gasteiger partial charge in [-0.25, -0.2) is 4.99 Å². The molecule has 112 valence electrons. The molecule has 1 aromatic heterocycles. The molecule has 0 saturated heterocycles. The van der Waals surface area contributed by atoms with E-state index >= 15 is 0 Å². The molecule has 2 aromatic rings. The summed E-state index contributed by atoms with van der Waals surface area (Å²) < 4.78 is 2.48. The van der Waals surface area contributed by atoms with E-state index < -0.39 is 0 Å². The Morgan fingerprint density at radius 1 is 1.19 bits per heavy atom. The van der Waals surface area contributed by atoms with Crippen LogP contribution in [-0.4, -0.2) is 4.57 Å². The van der Waals surface area contributed by atoms with E-state index in [1.165, 1.54) is 36.9 Å². The van der Waals surface area contributed by atoms with Crippen LogP contribution in [-0.2, 0) is 0 Å². The minimum Gasteiger partial charge on any atom is -0.318 e. The third-order valence-corrected chi connectivity index (χ3v) is 5.50. The van der Waals surface area contributed by atoms with Crippen molar-refractivity contribution in [3.05, 3.63) is 45.7 Å². The van der Waals surface area contributed by atoms with E-state index in [4.69, 9.17) is 4.99 Å². The Hall–Kier alpha value is -1.35. The molecule has 0 bridgehead atoms. The predicted molar refractivity (Wildman–Crippen MR) is 90.1 cm³/mol. The van der Waals surface area contributed by atoms with Crippen LogP contribution in [0.1, 0.15) is 49.9 Å². The largest absolute Gasteiger partial charge is 0.318 e. The molecule has 1 aliphatic carbocycles. The maximum atomic E-state index is 4.91. The number of aryl methyl sites for hydroxylation is 2. The van der Waals surface area contributed by atoms with Gasteiger partial charge in [0.1, 0.15) is 0 Å². The number of rotatable bonds is 2. The van der Waals surface area contributed by atoms with E-state index in [9.17, 15) is 0 Å². The molecule has 1 heterocycles. The highest BCUT2D eigenvalue weighted by atomic mass is 32.1. The monoisotopic (exact) mass is 300 g/mol. The van der Waals surface area contributed by atoms with Gasteiger partial charge in [0.2, 0.25) is 0 Å². The minimum atomic E-state index is 0.619. The van der Waals surface area contributed by atoms with Crippen molar-refractivity contribution < 1.29 is 0 Å². The van der Waals surface area contributed by atoms with Crippen LogP contribution >= 0.6 is 11.3 Å². The van der Waals surface area contributed by atoms with E-state index in [1.54, 1.807) is 11.3 Å². The zero-order valence-electron chi connectivity index (χ0n) is 13.2. The Kier molecular flexibility index (Phi) is 4.29. The Bertz CT molecular complexity index is 681. The van der Waals surface area contributed by atoms with Gasteiger partial charge in [0.15, 0.2) is 4.80 Å². The van der Waals surface area contributed by atoms with E-state index in [1.807, 2.05) is 0 Å². The van der Waals surface area contributed by atoms with Crippen molar-refractivity contribution in [1.82, 2.24) is 4.57 Å². The summed E-state index contributed by atoms with van der Waals surface area (Å²) in [5.41, 5.74) is 3.68. The summed E-state index contributed by atoms with van der Waals surface area (Å²) >= 11 is 1.77. The molecule has 1 saturated carbocycles. The van der Waals surface area contributed by atoms with Gasteiger partial charge in [-0.1, -0.05) is 31.9 Å². The lowest BCUT2D eigenvalue weighted by atomic mass is 9.85. The zero-order chi connectivity index (χ0) is 14.8. The summed E-state index contributed by atoms with van der Waals surface area (Å²) in [5, 5.41) is 2.25. The van der Waals surface area contributed by atoms with Gasteiger partial charge in [-0.05, 0) is 50.3 Å². The molecule has 2 nitrogen and oxygen atoms in total. The van der Waals surface area contributed by atoms with Gasteiger partial charge < -0.3 is 4.57 Å². The Labute approximate surface area is 131 Å². The van der Waals surface area contributed by atoms with Crippen molar-refractivity contribution in [3.63, 3.8) is 0 Å². The van der Waals surface area contributed by atoms with Gasteiger partial charge in [-0.15, -0.1) is 11.3 Å². The standard InChI is InChI=1S/C18H24N2S/c1-13-7-6-9-16(11-13)19-18-20(15(3)12-21-18)17-10-5-4-8-14(17)2/h6-7,9,11-12,14,17H,4-5,8,10H2,1-3H3. The van der Waals surface area contributed by atoms with Gasteiger partial charge in [0.25, 0.3) is 0 Å². The maximum absolute atomic E-state index is 4.91. The SMILES string of the molecule is Cc1cccc(N=c2scc(C)n2C2CCCCC2C)c1. The molecular weight excluding hydrogens is 276 g/mol. The Balaban J connectivity index is 2.04. The molecule has 1 aliphatic rings. The van der Waals surface area contributed by atoms with E-state index in [2.05, 4.69) is 55.0 Å². The van der Waals surface area contributed by atoms with Crippen molar-refractivity contribution >= 4 is 17.0 Å². The van der Waals surface area contributed by atoms with Gasteiger partial charge in [0.05, 0.1) is 5.69 Å². The normalized spacial score (nSPS) is 23.5. The fourth-order valence-corrected chi connectivity index (χ4v) is 4.31. The molecule has 0 amide bonds. The number of nitrogens with zero attached hydrogens (tertiary/aromatic N) is 2. The van der Waals surface area contributed by atoms with Crippen LogP contribution in [0, 0.1) is 19.8 Å².